The number of ether oxygens (including phenoxy) is 1. The maximum atomic E-state index is 11.8. The highest BCUT2D eigenvalue weighted by atomic mass is 16.6. The highest BCUT2D eigenvalue weighted by Crippen LogP contribution is 2.51. The molecule has 1 unspecified atom stereocenters. The number of amides is 1. The predicted octanol–water partition coefficient (Wildman–Crippen LogP) is 1.59. The highest BCUT2D eigenvalue weighted by molar-refractivity contribution is 5.76. The lowest BCUT2D eigenvalue weighted by Crippen LogP contribution is -2.32. The van der Waals surface area contributed by atoms with Crippen molar-refractivity contribution in [2.75, 3.05) is 13.1 Å². The number of hydrogen-bond acceptors (Lipinski definition) is 3. The maximum Gasteiger partial charge on any atom is 0.410 e. The minimum atomic E-state index is -0.743. The molecule has 1 aromatic rings. The summed E-state index contributed by atoms with van der Waals surface area (Å²) < 4.78 is 5.22. The van der Waals surface area contributed by atoms with E-state index in [0.29, 0.717) is 13.1 Å². The Morgan fingerprint density at radius 3 is 2.42 bits per heavy atom. The van der Waals surface area contributed by atoms with Gasteiger partial charge in [-0.05, 0) is 17.4 Å². The number of hydrogen-bond donors (Lipinski definition) is 1. The third kappa shape index (κ3) is 2.28. The van der Waals surface area contributed by atoms with Crippen molar-refractivity contribution in [3.05, 3.63) is 35.9 Å². The Kier molecular flexibility index (Phi) is 2.89. The van der Waals surface area contributed by atoms with Crippen LogP contribution in [0.3, 0.4) is 0 Å². The van der Waals surface area contributed by atoms with Crippen molar-refractivity contribution in [1.29, 1.82) is 0 Å². The smallest absolute Gasteiger partial charge is 0.410 e. The third-order valence-corrected chi connectivity index (χ3v) is 3.94. The number of fused-ring (bicyclic) bond motifs is 1. The number of piperidine rings is 1. The second-order valence-corrected chi connectivity index (χ2v) is 5.14. The molecule has 1 aliphatic heterocycles. The molecule has 2 fully saturated rings. The van der Waals surface area contributed by atoms with Gasteiger partial charge in [0.2, 0.25) is 0 Å². The quantitative estimate of drug-likeness (QED) is 0.897. The summed E-state index contributed by atoms with van der Waals surface area (Å²) in [5.41, 5.74) is 0.948. The van der Waals surface area contributed by atoms with Crippen LogP contribution >= 0.6 is 0 Å². The van der Waals surface area contributed by atoms with Crippen LogP contribution in [0.4, 0.5) is 4.79 Å². The molecule has 1 N–H and O–H groups in total. The lowest BCUT2D eigenvalue weighted by atomic mass is 10.2. The number of carbonyl (C=O) groups excluding carboxylic acids is 1. The molecule has 2 aliphatic rings. The molecule has 1 aromatic carbocycles. The normalized spacial score (nSPS) is 27.8. The second-order valence-electron chi connectivity index (χ2n) is 5.14. The van der Waals surface area contributed by atoms with Gasteiger partial charge in [-0.3, -0.25) is 4.79 Å². The Morgan fingerprint density at radius 2 is 1.84 bits per heavy atom. The largest absolute Gasteiger partial charge is 0.481 e. The topological polar surface area (TPSA) is 66.8 Å². The van der Waals surface area contributed by atoms with Crippen LogP contribution in [0.25, 0.3) is 0 Å². The number of benzene rings is 1. The van der Waals surface area contributed by atoms with Crippen molar-refractivity contribution in [3.63, 3.8) is 0 Å². The number of rotatable bonds is 3. The van der Waals surface area contributed by atoms with Crippen molar-refractivity contribution >= 4 is 12.1 Å². The average molecular weight is 261 g/mol. The molecule has 1 amide bonds. The van der Waals surface area contributed by atoms with Crippen LogP contribution < -0.4 is 0 Å². The Bertz CT molecular complexity index is 489. The molecule has 5 heteroatoms. The summed E-state index contributed by atoms with van der Waals surface area (Å²) in [6.07, 6.45) is -0.347. The maximum absolute atomic E-state index is 11.8. The molecule has 3 atom stereocenters. The molecule has 19 heavy (non-hydrogen) atoms. The fraction of sp³-hybridized carbons (Fsp3) is 0.429. The van der Waals surface area contributed by atoms with E-state index in [0.717, 1.165) is 5.56 Å². The van der Waals surface area contributed by atoms with E-state index >= 15 is 0 Å². The van der Waals surface area contributed by atoms with Crippen LogP contribution in [0, 0.1) is 17.8 Å². The van der Waals surface area contributed by atoms with Crippen molar-refractivity contribution in [3.8, 4) is 0 Å². The van der Waals surface area contributed by atoms with Gasteiger partial charge in [0.05, 0.1) is 5.92 Å². The molecule has 0 radical (unpaired) electrons. The minimum absolute atomic E-state index is 0.127. The van der Waals surface area contributed by atoms with Crippen molar-refractivity contribution in [1.82, 2.24) is 4.90 Å². The molecule has 1 aliphatic carbocycles. The summed E-state index contributed by atoms with van der Waals surface area (Å²) in [6, 6.07) is 9.49. The van der Waals surface area contributed by atoms with E-state index in [2.05, 4.69) is 0 Å². The van der Waals surface area contributed by atoms with Crippen LogP contribution in [-0.4, -0.2) is 35.2 Å². The first kappa shape index (κ1) is 12.0. The Morgan fingerprint density at radius 1 is 1.21 bits per heavy atom. The van der Waals surface area contributed by atoms with E-state index in [1.54, 1.807) is 4.90 Å². The summed E-state index contributed by atoms with van der Waals surface area (Å²) in [5, 5.41) is 8.90. The van der Waals surface area contributed by atoms with Gasteiger partial charge in [-0.15, -0.1) is 0 Å². The average Bonchev–Trinajstić information content (AvgIpc) is 2.93. The predicted molar refractivity (Wildman–Crippen MR) is 66.3 cm³/mol. The summed E-state index contributed by atoms with van der Waals surface area (Å²) in [4.78, 5) is 24.3. The SMILES string of the molecule is O=C(O)C1[C@H]2CN(C(=O)OCc3ccccc3)C[C@@H]12. The van der Waals surface area contributed by atoms with Gasteiger partial charge in [0.1, 0.15) is 6.61 Å². The summed E-state index contributed by atoms with van der Waals surface area (Å²) in [5.74, 6) is -0.742. The molecular weight excluding hydrogens is 246 g/mol. The molecular formula is C14H15NO4. The summed E-state index contributed by atoms with van der Waals surface area (Å²) in [6.45, 7) is 1.28. The molecule has 1 saturated heterocycles. The first-order chi connectivity index (χ1) is 9.16. The molecule has 5 nitrogen and oxygen atoms in total. The fourth-order valence-electron chi connectivity index (χ4n) is 2.85. The van der Waals surface area contributed by atoms with E-state index in [1.165, 1.54) is 0 Å². The lowest BCUT2D eigenvalue weighted by molar-refractivity contribution is -0.139. The zero-order valence-electron chi connectivity index (χ0n) is 10.4. The molecule has 0 bridgehead atoms. The number of carbonyl (C=O) groups is 2. The molecule has 1 heterocycles. The summed E-state index contributed by atoms with van der Waals surface area (Å²) >= 11 is 0. The lowest BCUT2D eigenvalue weighted by Gasteiger charge is -2.18. The van der Waals surface area contributed by atoms with E-state index in [9.17, 15) is 9.59 Å². The van der Waals surface area contributed by atoms with Gasteiger partial charge < -0.3 is 14.7 Å². The van der Waals surface area contributed by atoms with Crippen LogP contribution in [0.15, 0.2) is 30.3 Å². The van der Waals surface area contributed by atoms with Crippen LogP contribution in [0.1, 0.15) is 5.56 Å². The molecule has 100 valence electrons. The molecule has 1 saturated carbocycles. The van der Waals surface area contributed by atoms with Crippen LogP contribution in [0.2, 0.25) is 0 Å². The van der Waals surface area contributed by atoms with E-state index in [1.807, 2.05) is 30.3 Å². The van der Waals surface area contributed by atoms with Gasteiger partial charge in [-0.25, -0.2) is 4.79 Å². The Labute approximate surface area is 110 Å². The number of likely N-dealkylation sites (tertiary alicyclic amines) is 1. The number of nitrogens with zero attached hydrogens (tertiary/aromatic N) is 1. The molecule has 0 spiro atoms. The van der Waals surface area contributed by atoms with Gasteiger partial charge in [0.15, 0.2) is 0 Å². The molecule has 0 aromatic heterocycles. The monoisotopic (exact) mass is 261 g/mol. The van der Waals surface area contributed by atoms with E-state index < -0.39 is 5.97 Å². The zero-order valence-corrected chi connectivity index (χ0v) is 10.4. The standard InChI is InChI=1S/C14H15NO4/c16-13(17)12-10-6-15(7-11(10)12)14(18)19-8-9-4-2-1-3-5-9/h1-5,10-12H,6-8H2,(H,16,17)/t10-,11+,12?. The molecule has 3 rings (SSSR count). The van der Waals surface area contributed by atoms with Crippen molar-refractivity contribution in [2.24, 2.45) is 17.8 Å². The second kappa shape index (κ2) is 4.57. The van der Waals surface area contributed by atoms with Crippen LogP contribution in [0.5, 0.6) is 0 Å². The number of carboxylic acids is 1. The van der Waals surface area contributed by atoms with Gasteiger partial charge in [0.25, 0.3) is 0 Å². The van der Waals surface area contributed by atoms with Gasteiger partial charge >= 0.3 is 12.1 Å². The van der Waals surface area contributed by atoms with Crippen LogP contribution in [-0.2, 0) is 16.1 Å². The first-order valence-corrected chi connectivity index (χ1v) is 6.35. The number of aliphatic carboxylic acids is 1. The van der Waals surface area contributed by atoms with Crippen molar-refractivity contribution in [2.45, 2.75) is 6.61 Å². The Balaban J connectivity index is 1.47. The zero-order chi connectivity index (χ0) is 13.4. The summed E-state index contributed by atoms with van der Waals surface area (Å²) in [7, 11) is 0. The van der Waals surface area contributed by atoms with Gasteiger partial charge in [-0.2, -0.15) is 0 Å². The van der Waals surface area contributed by atoms with Gasteiger partial charge in [-0.1, -0.05) is 30.3 Å². The fourth-order valence-corrected chi connectivity index (χ4v) is 2.85. The van der Waals surface area contributed by atoms with Gasteiger partial charge in [0, 0.05) is 13.1 Å². The third-order valence-electron chi connectivity index (χ3n) is 3.94. The first-order valence-electron chi connectivity index (χ1n) is 6.35. The number of carboxylic acid groups (broad SMARTS) is 1. The Hall–Kier alpha value is -2.04. The highest BCUT2D eigenvalue weighted by Gasteiger charge is 2.60. The van der Waals surface area contributed by atoms with Crippen molar-refractivity contribution < 1.29 is 19.4 Å². The minimum Gasteiger partial charge on any atom is -0.481 e. The van der Waals surface area contributed by atoms with E-state index in [4.69, 9.17) is 9.84 Å². The van der Waals surface area contributed by atoms with E-state index in [-0.39, 0.29) is 30.5 Å².